The molecule has 1 aliphatic rings. The van der Waals surface area contributed by atoms with Gasteiger partial charge in [-0.2, -0.15) is 0 Å². The lowest BCUT2D eigenvalue weighted by Gasteiger charge is -2.35. The van der Waals surface area contributed by atoms with E-state index < -0.39 is 0 Å². The molecule has 0 aliphatic carbocycles. The van der Waals surface area contributed by atoms with Gasteiger partial charge in [-0.25, -0.2) is 0 Å². The van der Waals surface area contributed by atoms with Crippen LogP contribution in [0.15, 0.2) is 42.5 Å². The lowest BCUT2D eigenvalue weighted by atomic mass is 10.0. The molecule has 0 spiro atoms. The molecule has 3 rings (SSSR count). The summed E-state index contributed by atoms with van der Waals surface area (Å²) in [6.07, 6.45) is 1.41. The molecule has 6 heteroatoms. The number of carbonyl (C=O) groups excluding carboxylic acids is 1. The van der Waals surface area contributed by atoms with Crippen LogP contribution < -0.4 is 14.8 Å². The number of rotatable bonds is 9. The number of ether oxygens (including phenoxy) is 3. The third-order valence-corrected chi connectivity index (χ3v) is 5.34. The summed E-state index contributed by atoms with van der Waals surface area (Å²) in [6.45, 7) is 10.1. The Morgan fingerprint density at radius 1 is 1.16 bits per heavy atom. The van der Waals surface area contributed by atoms with Crippen LogP contribution in [-0.2, 0) is 4.74 Å². The van der Waals surface area contributed by atoms with Gasteiger partial charge in [0.05, 0.1) is 25.9 Å². The molecule has 1 heterocycles. The first-order chi connectivity index (χ1) is 15.0. The molecule has 1 saturated heterocycles. The largest absolute Gasteiger partial charge is 0.492 e. The van der Waals surface area contributed by atoms with E-state index in [4.69, 9.17) is 14.2 Å². The Morgan fingerprint density at radius 2 is 1.87 bits per heavy atom. The highest BCUT2D eigenvalue weighted by atomic mass is 16.5. The van der Waals surface area contributed by atoms with E-state index in [1.807, 2.05) is 43.3 Å². The van der Waals surface area contributed by atoms with Gasteiger partial charge in [-0.3, -0.25) is 9.69 Å². The number of hydrogen-bond acceptors (Lipinski definition) is 5. The van der Waals surface area contributed by atoms with Crippen LogP contribution in [-0.4, -0.2) is 62.9 Å². The number of benzene rings is 2. The molecule has 168 valence electrons. The molecule has 0 saturated carbocycles. The summed E-state index contributed by atoms with van der Waals surface area (Å²) >= 11 is 0. The summed E-state index contributed by atoms with van der Waals surface area (Å²) in [4.78, 5) is 15.3. The molecule has 2 aromatic carbocycles. The van der Waals surface area contributed by atoms with Gasteiger partial charge in [0.1, 0.15) is 0 Å². The molecular weight excluding hydrogens is 392 g/mol. The maximum Gasteiger partial charge on any atom is 0.251 e. The maximum absolute atomic E-state index is 12.9. The Hall–Kier alpha value is -2.57. The van der Waals surface area contributed by atoms with Crippen LogP contribution in [0.3, 0.4) is 0 Å². The summed E-state index contributed by atoms with van der Waals surface area (Å²) in [5.41, 5.74) is 2.39. The highest BCUT2D eigenvalue weighted by Gasteiger charge is 2.22. The predicted molar refractivity (Wildman–Crippen MR) is 123 cm³/mol. The second-order valence-corrected chi connectivity index (χ2v) is 7.98. The Kier molecular flexibility index (Phi) is 8.32. The Bertz CT molecular complexity index is 846. The van der Waals surface area contributed by atoms with E-state index in [0.717, 1.165) is 37.2 Å². The van der Waals surface area contributed by atoms with Gasteiger partial charge in [-0.15, -0.1) is 0 Å². The number of carbonyl (C=O) groups is 1. The molecule has 2 atom stereocenters. The van der Waals surface area contributed by atoms with Crippen LogP contribution in [0.25, 0.3) is 11.1 Å². The van der Waals surface area contributed by atoms with Crippen molar-refractivity contribution in [3.8, 4) is 22.6 Å². The zero-order valence-electron chi connectivity index (χ0n) is 19.0. The van der Waals surface area contributed by atoms with Crippen LogP contribution in [0.1, 0.15) is 37.6 Å². The standard InChI is InChI=1S/C25H34N2O4/c1-5-30-23-15-21(14-22(24(23)29-4)20-10-7-6-8-11-20)25(28)26-12-9-13-27-16-18(2)31-19(3)17-27/h6-8,10-11,14-15,18-19H,5,9,12-13,16-17H2,1-4H3,(H,26,28)/t18-,19+. The molecule has 2 aromatic rings. The second kappa shape index (κ2) is 11.2. The van der Waals surface area contributed by atoms with Crippen LogP contribution in [0, 0.1) is 0 Å². The quantitative estimate of drug-likeness (QED) is 0.615. The smallest absolute Gasteiger partial charge is 0.251 e. The summed E-state index contributed by atoms with van der Waals surface area (Å²) in [5, 5.41) is 3.05. The van der Waals surface area contributed by atoms with Gasteiger partial charge in [-0.1, -0.05) is 30.3 Å². The van der Waals surface area contributed by atoms with Crippen molar-refractivity contribution in [2.75, 3.05) is 39.9 Å². The van der Waals surface area contributed by atoms with E-state index in [1.165, 1.54) is 0 Å². The van der Waals surface area contributed by atoms with Gasteiger partial charge in [-0.05, 0) is 44.9 Å². The minimum absolute atomic E-state index is 0.107. The Labute approximate surface area is 185 Å². The van der Waals surface area contributed by atoms with Crippen molar-refractivity contribution in [1.82, 2.24) is 10.2 Å². The summed E-state index contributed by atoms with van der Waals surface area (Å²) < 4.78 is 17.2. The zero-order chi connectivity index (χ0) is 22.2. The fourth-order valence-corrected chi connectivity index (χ4v) is 4.11. The lowest BCUT2D eigenvalue weighted by Crippen LogP contribution is -2.46. The average molecular weight is 427 g/mol. The number of morpholine rings is 1. The Morgan fingerprint density at radius 3 is 2.52 bits per heavy atom. The van der Waals surface area contributed by atoms with Gasteiger partial charge in [0.15, 0.2) is 11.5 Å². The molecule has 1 fully saturated rings. The van der Waals surface area contributed by atoms with Gasteiger partial charge in [0.25, 0.3) is 5.91 Å². The monoisotopic (exact) mass is 426 g/mol. The molecule has 6 nitrogen and oxygen atoms in total. The molecule has 1 aliphatic heterocycles. The normalized spacial score (nSPS) is 19.1. The number of hydrogen-bond donors (Lipinski definition) is 1. The van der Waals surface area contributed by atoms with E-state index in [0.29, 0.717) is 30.2 Å². The van der Waals surface area contributed by atoms with Gasteiger partial charge in [0, 0.05) is 37.3 Å². The number of methoxy groups -OCH3 is 1. The summed E-state index contributed by atoms with van der Waals surface area (Å²) in [6, 6.07) is 13.5. The molecule has 0 unspecified atom stereocenters. The van der Waals surface area contributed by atoms with E-state index in [-0.39, 0.29) is 18.1 Å². The highest BCUT2D eigenvalue weighted by Crippen LogP contribution is 2.39. The topological polar surface area (TPSA) is 60.0 Å². The lowest BCUT2D eigenvalue weighted by molar-refractivity contribution is -0.0679. The first-order valence-electron chi connectivity index (χ1n) is 11.1. The summed E-state index contributed by atoms with van der Waals surface area (Å²) in [5.74, 6) is 1.11. The average Bonchev–Trinajstić information content (AvgIpc) is 2.76. The third-order valence-electron chi connectivity index (χ3n) is 5.34. The highest BCUT2D eigenvalue weighted by molar-refractivity contribution is 5.97. The van der Waals surface area contributed by atoms with Gasteiger partial charge < -0.3 is 19.5 Å². The number of nitrogens with one attached hydrogen (secondary N) is 1. The van der Waals surface area contributed by atoms with E-state index in [9.17, 15) is 4.79 Å². The second-order valence-electron chi connectivity index (χ2n) is 7.98. The first-order valence-corrected chi connectivity index (χ1v) is 11.1. The van der Waals surface area contributed by atoms with Crippen molar-refractivity contribution in [2.24, 2.45) is 0 Å². The third kappa shape index (κ3) is 6.21. The first kappa shape index (κ1) is 23.1. The van der Waals surface area contributed by atoms with Crippen LogP contribution >= 0.6 is 0 Å². The molecule has 0 radical (unpaired) electrons. The van der Waals surface area contributed by atoms with Crippen LogP contribution in [0.4, 0.5) is 0 Å². The van der Waals surface area contributed by atoms with Crippen molar-refractivity contribution in [3.63, 3.8) is 0 Å². The van der Waals surface area contributed by atoms with Crippen molar-refractivity contribution in [2.45, 2.75) is 39.4 Å². The number of amides is 1. The Balaban J connectivity index is 1.68. The minimum atomic E-state index is -0.107. The minimum Gasteiger partial charge on any atom is -0.492 e. The van der Waals surface area contributed by atoms with Crippen molar-refractivity contribution in [3.05, 3.63) is 48.0 Å². The molecule has 1 N–H and O–H groups in total. The molecule has 31 heavy (non-hydrogen) atoms. The van der Waals surface area contributed by atoms with Crippen molar-refractivity contribution in [1.29, 1.82) is 0 Å². The SMILES string of the molecule is CCOc1cc(C(=O)NCCCN2C[C@@H](C)O[C@@H](C)C2)cc(-c2ccccc2)c1OC. The van der Waals surface area contributed by atoms with Crippen molar-refractivity contribution >= 4 is 5.91 Å². The molecule has 0 aromatic heterocycles. The molecule has 1 amide bonds. The van der Waals surface area contributed by atoms with E-state index in [2.05, 4.69) is 24.1 Å². The zero-order valence-corrected chi connectivity index (χ0v) is 19.0. The molecule has 0 bridgehead atoms. The number of nitrogens with zero attached hydrogens (tertiary/aromatic N) is 1. The fraction of sp³-hybridized carbons (Fsp3) is 0.480. The van der Waals surface area contributed by atoms with E-state index >= 15 is 0 Å². The fourth-order valence-electron chi connectivity index (χ4n) is 4.11. The van der Waals surface area contributed by atoms with Crippen molar-refractivity contribution < 1.29 is 19.0 Å². The van der Waals surface area contributed by atoms with Gasteiger partial charge >= 0.3 is 0 Å². The predicted octanol–water partition coefficient (Wildman–Crippen LogP) is 3.99. The van der Waals surface area contributed by atoms with Crippen LogP contribution in [0.2, 0.25) is 0 Å². The molecular formula is C25H34N2O4. The maximum atomic E-state index is 12.9. The van der Waals surface area contributed by atoms with E-state index in [1.54, 1.807) is 13.2 Å². The van der Waals surface area contributed by atoms with Gasteiger partial charge in [0.2, 0.25) is 0 Å². The van der Waals surface area contributed by atoms with Crippen LogP contribution in [0.5, 0.6) is 11.5 Å². The summed E-state index contributed by atoms with van der Waals surface area (Å²) in [7, 11) is 1.62.